The molecule has 0 unspecified atom stereocenters. The molecule has 0 bridgehead atoms. The maximum Gasteiger partial charge on any atom is 0.179 e. The van der Waals surface area contributed by atoms with Gasteiger partial charge in [-0.05, 0) is 86.0 Å². The first-order valence-electron chi connectivity index (χ1n) is 22.1. The maximum atomic E-state index is 4.78. The van der Waals surface area contributed by atoms with Gasteiger partial charge in [-0.15, -0.1) is 0 Å². The molecule has 0 aliphatic rings. The first kappa shape index (κ1) is 39.2. The number of aromatic nitrogens is 1. The summed E-state index contributed by atoms with van der Waals surface area (Å²) >= 11 is 0. The Balaban J connectivity index is 1.09. The second-order valence-corrected chi connectivity index (χ2v) is 24.2. The van der Waals surface area contributed by atoms with Crippen molar-refractivity contribution < 1.29 is 0 Å². The van der Waals surface area contributed by atoms with Crippen molar-refractivity contribution in [3.05, 3.63) is 273 Å². The van der Waals surface area contributed by atoms with Crippen molar-refractivity contribution in [1.82, 2.24) is 4.98 Å². The molecule has 3 heteroatoms. The zero-order valence-corrected chi connectivity index (χ0v) is 37.4. The Hall–Kier alpha value is -7.70. The second-order valence-electron chi connectivity index (χ2n) is 16.6. The lowest BCUT2D eigenvalue weighted by molar-refractivity contribution is 1.37. The van der Waals surface area contributed by atoms with E-state index in [-0.39, 0.29) is 0 Å². The Kier molecular flexibility index (Phi) is 10.3. The molecule has 1 heterocycles. The SMILES string of the molecule is c1ccc([Si](c2ccccc2)(c2ccccc2)c2ccc(-c3c4ccccc4c(-c4ccc([Si](c5ccccc5)(c5ccccc5)c5ccccc5)cc4)c4cnccc34)cc2)cc1. The zero-order valence-electron chi connectivity index (χ0n) is 35.4. The summed E-state index contributed by atoms with van der Waals surface area (Å²) in [5.74, 6) is 0. The van der Waals surface area contributed by atoms with E-state index in [0.717, 1.165) is 5.39 Å². The highest BCUT2D eigenvalue weighted by Crippen LogP contribution is 2.43. The fraction of sp³-hybridized carbons (Fsp3) is 0. The lowest BCUT2D eigenvalue weighted by Crippen LogP contribution is -2.74. The lowest BCUT2D eigenvalue weighted by atomic mass is 9.87. The van der Waals surface area contributed by atoms with E-state index in [9.17, 15) is 0 Å². The number of rotatable bonds is 10. The Labute approximate surface area is 377 Å². The molecule has 0 saturated heterocycles. The molecule has 0 fully saturated rings. The third-order valence-electron chi connectivity index (χ3n) is 13.3. The summed E-state index contributed by atoms with van der Waals surface area (Å²) in [6.07, 6.45) is 4.01. The summed E-state index contributed by atoms with van der Waals surface area (Å²) < 4.78 is 0. The molecular weight excluding hydrogens is 803 g/mol. The highest BCUT2D eigenvalue weighted by molar-refractivity contribution is 7.20. The number of hydrogen-bond acceptors (Lipinski definition) is 1. The summed E-state index contributed by atoms with van der Waals surface area (Å²) in [7, 11) is -5.35. The van der Waals surface area contributed by atoms with Crippen molar-refractivity contribution in [2.24, 2.45) is 0 Å². The van der Waals surface area contributed by atoms with Crippen molar-refractivity contribution in [2.45, 2.75) is 0 Å². The van der Waals surface area contributed by atoms with Gasteiger partial charge in [-0.25, -0.2) is 0 Å². The van der Waals surface area contributed by atoms with Crippen LogP contribution in [0.4, 0.5) is 0 Å². The molecule has 11 rings (SSSR count). The van der Waals surface area contributed by atoms with Crippen LogP contribution in [0, 0.1) is 0 Å². The summed E-state index contributed by atoms with van der Waals surface area (Å²) in [6.45, 7) is 0. The predicted octanol–water partition coefficient (Wildman–Crippen LogP) is 9.48. The van der Waals surface area contributed by atoms with Gasteiger partial charge in [0.05, 0.1) is 0 Å². The van der Waals surface area contributed by atoms with Gasteiger partial charge in [-0.2, -0.15) is 0 Å². The van der Waals surface area contributed by atoms with Crippen molar-refractivity contribution in [2.75, 3.05) is 0 Å². The Bertz CT molecular complexity index is 2850. The summed E-state index contributed by atoms with van der Waals surface area (Å²) in [4.78, 5) is 4.78. The fourth-order valence-electron chi connectivity index (χ4n) is 10.5. The smallest absolute Gasteiger partial charge is 0.179 e. The van der Waals surface area contributed by atoms with Crippen LogP contribution in [0.25, 0.3) is 43.8 Å². The quantitative estimate of drug-likeness (QED) is 0.0760. The van der Waals surface area contributed by atoms with Gasteiger partial charge in [0.2, 0.25) is 0 Å². The van der Waals surface area contributed by atoms with Gasteiger partial charge < -0.3 is 0 Å². The average Bonchev–Trinajstić information content (AvgIpc) is 3.38. The molecule has 0 radical (unpaired) electrons. The van der Waals surface area contributed by atoms with Crippen molar-refractivity contribution >= 4 is 79.2 Å². The summed E-state index contributed by atoms with van der Waals surface area (Å²) in [6, 6.07) is 97.1. The Morgan fingerprint density at radius 2 is 0.469 bits per heavy atom. The molecule has 302 valence electrons. The molecule has 1 aromatic heterocycles. The maximum absolute atomic E-state index is 4.78. The Morgan fingerprint density at radius 3 is 0.781 bits per heavy atom. The average molecular weight is 848 g/mol. The molecule has 0 spiro atoms. The number of benzene rings is 10. The van der Waals surface area contributed by atoms with Gasteiger partial charge in [0, 0.05) is 17.8 Å². The van der Waals surface area contributed by atoms with E-state index in [4.69, 9.17) is 4.98 Å². The number of hydrogen-bond donors (Lipinski definition) is 0. The van der Waals surface area contributed by atoms with E-state index in [1.165, 1.54) is 79.9 Å². The third kappa shape index (κ3) is 6.48. The minimum absolute atomic E-state index is 1.15. The van der Waals surface area contributed by atoms with E-state index in [1.54, 1.807) is 0 Å². The van der Waals surface area contributed by atoms with E-state index < -0.39 is 16.1 Å². The van der Waals surface area contributed by atoms with Gasteiger partial charge in [0.1, 0.15) is 0 Å². The van der Waals surface area contributed by atoms with Crippen molar-refractivity contribution in [1.29, 1.82) is 0 Å². The third-order valence-corrected chi connectivity index (χ3v) is 22.9. The molecule has 0 N–H and O–H groups in total. The van der Waals surface area contributed by atoms with E-state index in [2.05, 4.69) is 267 Å². The monoisotopic (exact) mass is 847 g/mol. The normalized spacial score (nSPS) is 11.8. The Morgan fingerprint density at radius 1 is 0.219 bits per heavy atom. The van der Waals surface area contributed by atoms with Crippen LogP contribution in [0.1, 0.15) is 0 Å². The summed E-state index contributed by atoms with van der Waals surface area (Å²) in [5.41, 5.74) is 4.82. The van der Waals surface area contributed by atoms with Crippen LogP contribution < -0.4 is 41.5 Å². The molecule has 0 atom stereocenters. The van der Waals surface area contributed by atoms with E-state index >= 15 is 0 Å². The zero-order chi connectivity index (χ0) is 42.8. The van der Waals surface area contributed by atoms with Crippen LogP contribution in [-0.2, 0) is 0 Å². The standard InChI is InChI=1S/C61H45NSi2/c1-7-21-48(22-8-1)63(49-23-9-2-10-24-49,50-25-11-3-12-26-50)54-39-35-46(36-40-54)60-56-33-19-20-34-57(56)61(59-45-62-44-43-58(59)60)47-37-41-55(42-38-47)64(51-27-13-4-14-28-51,52-29-15-5-16-30-52)53-31-17-6-18-32-53/h1-45H. The van der Waals surface area contributed by atoms with Crippen LogP contribution in [0.2, 0.25) is 0 Å². The largest absolute Gasteiger partial charge is 0.264 e. The number of nitrogens with zero attached hydrogens (tertiary/aromatic N) is 1. The molecule has 0 aliphatic carbocycles. The number of fused-ring (bicyclic) bond motifs is 2. The van der Waals surface area contributed by atoms with Crippen LogP contribution in [0.5, 0.6) is 0 Å². The van der Waals surface area contributed by atoms with Gasteiger partial charge >= 0.3 is 0 Å². The predicted molar refractivity (Wildman–Crippen MR) is 277 cm³/mol. The van der Waals surface area contributed by atoms with Gasteiger partial charge in [-0.1, -0.05) is 255 Å². The molecule has 1 nitrogen and oxygen atoms in total. The molecule has 64 heavy (non-hydrogen) atoms. The topological polar surface area (TPSA) is 12.9 Å². The summed E-state index contributed by atoms with van der Waals surface area (Å²) in [5, 5.41) is 15.7. The number of pyridine rings is 1. The fourth-order valence-corrected chi connectivity index (χ4v) is 20.0. The molecule has 0 saturated carbocycles. The first-order chi connectivity index (χ1) is 31.8. The van der Waals surface area contributed by atoms with Crippen LogP contribution >= 0.6 is 0 Å². The first-order valence-corrected chi connectivity index (χ1v) is 26.1. The molecule has 10 aromatic carbocycles. The highest BCUT2D eigenvalue weighted by Gasteiger charge is 2.42. The van der Waals surface area contributed by atoms with Crippen LogP contribution in [0.15, 0.2) is 273 Å². The minimum atomic E-state index is -2.68. The second kappa shape index (κ2) is 16.9. The van der Waals surface area contributed by atoms with Crippen LogP contribution in [-0.4, -0.2) is 21.1 Å². The van der Waals surface area contributed by atoms with E-state index in [1.807, 2.05) is 6.20 Å². The van der Waals surface area contributed by atoms with Gasteiger partial charge in [0.15, 0.2) is 16.1 Å². The lowest BCUT2D eigenvalue weighted by Gasteiger charge is -2.34. The molecular formula is C61H45NSi2. The van der Waals surface area contributed by atoms with Crippen molar-refractivity contribution in [3.8, 4) is 22.3 Å². The molecule has 0 aliphatic heterocycles. The van der Waals surface area contributed by atoms with E-state index in [0.29, 0.717) is 0 Å². The molecule has 0 amide bonds. The van der Waals surface area contributed by atoms with Gasteiger partial charge in [-0.3, -0.25) is 4.98 Å². The minimum Gasteiger partial charge on any atom is -0.264 e. The van der Waals surface area contributed by atoms with Crippen molar-refractivity contribution in [3.63, 3.8) is 0 Å². The van der Waals surface area contributed by atoms with Gasteiger partial charge in [0.25, 0.3) is 0 Å². The highest BCUT2D eigenvalue weighted by atomic mass is 28.3. The molecule has 11 aromatic rings. The van der Waals surface area contributed by atoms with Crippen LogP contribution in [0.3, 0.4) is 0 Å².